The van der Waals surface area contributed by atoms with E-state index < -0.39 is 11.4 Å². The lowest BCUT2D eigenvalue weighted by Crippen LogP contribution is -2.40. The highest BCUT2D eigenvalue weighted by Gasteiger charge is 2.39. The molecule has 1 aliphatic carbocycles. The molecule has 1 heterocycles. The van der Waals surface area contributed by atoms with E-state index in [-0.39, 0.29) is 5.91 Å². The van der Waals surface area contributed by atoms with Gasteiger partial charge in [-0.05, 0) is 71.9 Å². The largest absolute Gasteiger partial charge is 0.478 e. The topological polar surface area (TPSA) is 92.4 Å². The van der Waals surface area contributed by atoms with Crippen molar-refractivity contribution in [3.63, 3.8) is 0 Å². The van der Waals surface area contributed by atoms with E-state index in [0.29, 0.717) is 12.1 Å². The summed E-state index contributed by atoms with van der Waals surface area (Å²) in [6.45, 7) is 0. The predicted molar refractivity (Wildman–Crippen MR) is 140 cm³/mol. The molecule has 0 spiro atoms. The number of carboxylic acid groups (broad SMARTS) is 1. The second-order valence-electron chi connectivity index (χ2n) is 9.54. The van der Waals surface area contributed by atoms with Crippen molar-refractivity contribution < 1.29 is 19.2 Å². The van der Waals surface area contributed by atoms with Gasteiger partial charge in [-0.3, -0.25) is 4.79 Å². The maximum absolute atomic E-state index is 13.6. The number of benzene rings is 3. The summed E-state index contributed by atoms with van der Waals surface area (Å²) in [5, 5.41) is 16.8. The number of aromatic nitrogens is 1. The molecule has 1 saturated carbocycles. The van der Waals surface area contributed by atoms with E-state index in [1.807, 2.05) is 30.3 Å². The van der Waals surface area contributed by atoms with E-state index in [2.05, 4.69) is 40.8 Å². The summed E-state index contributed by atoms with van der Waals surface area (Å²) in [7, 11) is 0. The average Bonchev–Trinajstić information content (AvgIpc) is 3.37. The third-order valence-corrected chi connectivity index (χ3v) is 7.04. The summed E-state index contributed by atoms with van der Waals surface area (Å²) in [5.74, 6) is -0.973. The number of aliphatic carboxylic acids is 1. The van der Waals surface area contributed by atoms with E-state index in [1.54, 1.807) is 12.3 Å². The Bertz CT molecular complexity index is 1410. The Morgan fingerprint density at radius 1 is 0.972 bits per heavy atom. The van der Waals surface area contributed by atoms with E-state index in [0.717, 1.165) is 71.4 Å². The molecule has 2 N–H and O–H groups in total. The van der Waals surface area contributed by atoms with Gasteiger partial charge in [-0.15, -0.1) is 0 Å². The molecule has 1 aliphatic rings. The molecule has 0 unspecified atom stereocenters. The van der Waals surface area contributed by atoms with Crippen molar-refractivity contribution >= 4 is 34.6 Å². The third-order valence-electron chi connectivity index (χ3n) is 7.04. The lowest BCUT2D eigenvalue weighted by Gasteiger charge is -2.36. The van der Waals surface area contributed by atoms with Crippen LogP contribution in [0.25, 0.3) is 28.2 Å². The van der Waals surface area contributed by atoms with Gasteiger partial charge in [-0.25, -0.2) is 4.79 Å². The highest BCUT2D eigenvalue weighted by molar-refractivity contribution is 5.96. The van der Waals surface area contributed by atoms with E-state index >= 15 is 0 Å². The summed E-state index contributed by atoms with van der Waals surface area (Å²) >= 11 is 0. The molecule has 182 valence electrons. The van der Waals surface area contributed by atoms with Crippen molar-refractivity contribution in [3.8, 4) is 11.1 Å². The van der Waals surface area contributed by atoms with Crippen LogP contribution in [-0.2, 0) is 16.0 Å². The molecule has 0 bridgehead atoms. The van der Waals surface area contributed by atoms with Gasteiger partial charge < -0.3 is 14.9 Å². The first-order valence-electron chi connectivity index (χ1n) is 12.3. The van der Waals surface area contributed by atoms with Crippen molar-refractivity contribution in [2.45, 2.75) is 38.5 Å². The van der Waals surface area contributed by atoms with Crippen molar-refractivity contribution in [3.05, 3.63) is 90.1 Å². The minimum atomic E-state index is -1.00. The first kappa shape index (κ1) is 23.5. The van der Waals surface area contributed by atoms with Crippen LogP contribution in [0.4, 0.5) is 5.69 Å². The van der Waals surface area contributed by atoms with Crippen LogP contribution in [-0.4, -0.2) is 22.1 Å². The van der Waals surface area contributed by atoms with Gasteiger partial charge in [0.05, 0.1) is 11.6 Å². The SMILES string of the molecule is O=C(O)/C=C/c1cccc(NC(=O)C2(Cc3ccc(-c4ccc5oncc5c4)cc3)CCCCC2)c1. The Morgan fingerprint density at radius 2 is 1.75 bits per heavy atom. The number of carboxylic acids is 1. The van der Waals surface area contributed by atoms with Gasteiger partial charge in [0.15, 0.2) is 5.58 Å². The Kier molecular flexibility index (Phi) is 6.67. The normalized spacial score (nSPS) is 15.2. The van der Waals surface area contributed by atoms with Gasteiger partial charge in [0.2, 0.25) is 5.91 Å². The zero-order valence-corrected chi connectivity index (χ0v) is 19.9. The predicted octanol–water partition coefficient (Wildman–Crippen LogP) is 6.72. The standard InChI is InChI=1S/C30H28N2O4/c33-28(34)14-9-21-5-4-6-26(17-21)32-29(35)30(15-2-1-3-16-30)19-22-7-10-23(11-8-22)24-12-13-27-25(18-24)20-31-36-27/h4-14,17-18,20H,1-3,15-16,19H2,(H,32,35)(H,33,34)/b14-9+. The van der Waals surface area contributed by atoms with Crippen LogP contribution < -0.4 is 5.32 Å². The van der Waals surface area contributed by atoms with Gasteiger partial charge >= 0.3 is 5.97 Å². The van der Waals surface area contributed by atoms with Crippen LogP contribution in [0.1, 0.15) is 43.2 Å². The van der Waals surface area contributed by atoms with Gasteiger partial charge in [-0.1, -0.05) is 66.9 Å². The van der Waals surface area contributed by atoms with Crippen LogP contribution in [0.15, 0.2) is 83.5 Å². The molecular weight excluding hydrogens is 452 g/mol. The smallest absolute Gasteiger partial charge is 0.328 e. The molecule has 3 aromatic carbocycles. The van der Waals surface area contributed by atoms with Crippen molar-refractivity contribution in [2.24, 2.45) is 5.41 Å². The summed E-state index contributed by atoms with van der Waals surface area (Å²) in [5.41, 5.74) is 5.05. The lowest BCUT2D eigenvalue weighted by atomic mass is 9.69. The Balaban J connectivity index is 1.34. The third kappa shape index (κ3) is 5.23. The number of amides is 1. The summed E-state index contributed by atoms with van der Waals surface area (Å²) in [6, 6.07) is 21.8. The van der Waals surface area contributed by atoms with Crippen LogP contribution in [0.5, 0.6) is 0 Å². The molecule has 5 rings (SSSR count). The molecule has 0 aliphatic heterocycles. The van der Waals surface area contributed by atoms with Gasteiger partial charge in [0.25, 0.3) is 0 Å². The summed E-state index contributed by atoms with van der Waals surface area (Å²) in [4.78, 5) is 24.5. The minimum absolute atomic E-state index is 0.0311. The van der Waals surface area contributed by atoms with E-state index in [9.17, 15) is 9.59 Å². The number of fused-ring (bicyclic) bond motifs is 1. The average molecular weight is 481 g/mol. The number of carbonyl (C=O) groups is 2. The molecule has 0 radical (unpaired) electrons. The Hall–Kier alpha value is -4.19. The number of nitrogens with zero attached hydrogens (tertiary/aromatic N) is 1. The van der Waals surface area contributed by atoms with E-state index in [1.165, 1.54) is 6.08 Å². The number of rotatable bonds is 7. The summed E-state index contributed by atoms with van der Waals surface area (Å²) in [6.07, 6.45) is 9.94. The number of nitrogens with one attached hydrogen (secondary N) is 1. The Morgan fingerprint density at radius 3 is 2.53 bits per heavy atom. The first-order chi connectivity index (χ1) is 17.5. The van der Waals surface area contributed by atoms with Crippen molar-refractivity contribution in [1.29, 1.82) is 0 Å². The molecule has 6 heteroatoms. The second-order valence-corrected chi connectivity index (χ2v) is 9.54. The maximum atomic E-state index is 13.6. The van der Waals surface area contributed by atoms with Gasteiger partial charge in [0.1, 0.15) is 0 Å². The number of carbonyl (C=O) groups excluding carboxylic acids is 1. The van der Waals surface area contributed by atoms with Gasteiger partial charge in [0, 0.05) is 17.1 Å². The highest BCUT2D eigenvalue weighted by Crippen LogP contribution is 2.41. The molecule has 0 atom stereocenters. The molecule has 1 aromatic heterocycles. The van der Waals surface area contributed by atoms with Crippen molar-refractivity contribution in [2.75, 3.05) is 5.32 Å². The van der Waals surface area contributed by atoms with Crippen LogP contribution in [0, 0.1) is 5.41 Å². The molecule has 36 heavy (non-hydrogen) atoms. The lowest BCUT2D eigenvalue weighted by molar-refractivity contribution is -0.131. The first-order valence-corrected chi connectivity index (χ1v) is 12.3. The molecule has 0 saturated heterocycles. The monoisotopic (exact) mass is 480 g/mol. The second kappa shape index (κ2) is 10.2. The van der Waals surface area contributed by atoms with E-state index in [4.69, 9.17) is 9.63 Å². The molecular formula is C30H28N2O4. The maximum Gasteiger partial charge on any atom is 0.328 e. The highest BCUT2D eigenvalue weighted by atomic mass is 16.5. The summed E-state index contributed by atoms with van der Waals surface area (Å²) < 4.78 is 5.20. The zero-order chi connectivity index (χ0) is 25.0. The Labute approximate surface area is 209 Å². The van der Waals surface area contributed by atoms with Crippen molar-refractivity contribution in [1.82, 2.24) is 5.16 Å². The number of anilines is 1. The van der Waals surface area contributed by atoms with Gasteiger partial charge in [-0.2, -0.15) is 0 Å². The quantitative estimate of drug-likeness (QED) is 0.286. The molecule has 4 aromatic rings. The molecule has 6 nitrogen and oxygen atoms in total. The zero-order valence-electron chi connectivity index (χ0n) is 19.9. The van der Waals surface area contributed by atoms with Crippen LogP contribution >= 0.6 is 0 Å². The fourth-order valence-corrected chi connectivity index (χ4v) is 5.12. The molecule has 1 amide bonds. The number of hydrogen-bond donors (Lipinski definition) is 2. The van der Waals surface area contributed by atoms with Crippen LogP contribution in [0.2, 0.25) is 0 Å². The fourth-order valence-electron chi connectivity index (χ4n) is 5.12. The molecule has 1 fully saturated rings. The minimum Gasteiger partial charge on any atom is -0.478 e. The number of hydrogen-bond acceptors (Lipinski definition) is 4. The fraction of sp³-hybridized carbons (Fsp3) is 0.233. The van der Waals surface area contributed by atoms with Crippen LogP contribution in [0.3, 0.4) is 0 Å².